The molecule has 1 atom stereocenters. The molecule has 2 amide bonds. The van der Waals surface area contributed by atoms with Crippen LogP contribution in [0.3, 0.4) is 0 Å². The van der Waals surface area contributed by atoms with Crippen molar-refractivity contribution in [3.63, 3.8) is 0 Å². The minimum Gasteiger partial charge on any atom is -0.480 e. The van der Waals surface area contributed by atoms with E-state index in [1.807, 2.05) is 48.5 Å². The summed E-state index contributed by atoms with van der Waals surface area (Å²) in [5, 5.41) is 11.5. The number of nitrogens with one attached hydrogen (secondary N) is 2. The van der Waals surface area contributed by atoms with Gasteiger partial charge >= 0.3 is 5.97 Å². The molecule has 0 radical (unpaired) electrons. The molecule has 0 fully saturated rings. The lowest BCUT2D eigenvalue weighted by atomic mass is 10.1. The number of hydrogen-bond acceptors (Lipinski definition) is 5. The highest BCUT2D eigenvalue weighted by atomic mass is 16.4. The van der Waals surface area contributed by atoms with Crippen molar-refractivity contribution in [3.05, 3.63) is 89.5 Å². The number of carbonyl (C=O) groups excluding carboxylic acids is 3. The van der Waals surface area contributed by atoms with Crippen LogP contribution < -0.4 is 5.32 Å². The Hall–Kier alpha value is -4.27. The monoisotopic (exact) mass is 490 g/mol. The fraction of sp³-hybridized carbons (Fsp3) is 0.296. The highest BCUT2D eigenvalue weighted by Crippen LogP contribution is 2.10. The molecule has 3 rings (SSSR count). The first-order chi connectivity index (χ1) is 17.5. The SMILES string of the molecule is O=CCC(NC(=O)CN(CCc1ccccc1)C(=O)c1ncc(CCCc2ccccc2)[nH]1)C(=O)O. The van der Waals surface area contributed by atoms with E-state index < -0.39 is 23.8 Å². The van der Waals surface area contributed by atoms with Crippen molar-refractivity contribution >= 4 is 24.1 Å². The van der Waals surface area contributed by atoms with E-state index in [0.29, 0.717) is 19.1 Å². The Bertz CT molecular complexity index is 1150. The number of rotatable bonds is 14. The summed E-state index contributed by atoms with van der Waals surface area (Å²) in [6, 6.07) is 18.3. The van der Waals surface area contributed by atoms with E-state index in [-0.39, 0.29) is 25.3 Å². The third-order valence-corrected chi connectivity index (χ3v) is 5.69. The van der Waals surface area contributed by atoms with E-state index in [1.165, 1.54) is 10.5 Å². The third-order valence-electron chi connectivity index (χ3n) is 5.69. The van der Waals surface area contributed by atoms with Crippen molar-refractivity contribution in [1.82, 2.24) is 20.2 Å². The third kappa shape index (κ3) is 8.19. The first-order valence-corrected chi connectivity index (χ1v) is 11.8. The highest BCUT2D eigenvalue weighted by molar-refractivity contribution is 5.94. The van der Waals surface area contributed by atoms with E-state index in [9.17, 15) is 24.3 Å². The number of hydrogen-bond donors (Lipinski definition) is 3. The smallest absolute Gasteiger partial charge is 0.326 e. The summed E-state index contributed by atoms with van der Waals surface area (Å²) in [7, 11) is 0. The summed E-state index contributed by atoms with van der Waals surface area (Å²) in [6.07, 6.45) is 4.69. The molecule has 0 aliphatic heterocycles. The summed E-state index contributed by atoms with van der Waals surface area (Å²) < 4.78 is 0. The van der Waals surface area contributed by atoms with Gasteiger partial charge < -0.3 is 25.1 Å². The maximum atomic E-state index is 13.2. The molecule has 0 spiro atoms. The Balaban J connectivity index is 1.65. The van der Waals surface area contributed by atoms with Gasteiger partial charge in [-0.1, -0.05) is 60.7 Å². The number of benzene rings is 2. The quantitative estimate of drug-likeness (QED) is 0.297. The largest absolute Gasteiger partial charge is 0.480 e. The first-order valence-electron chi connectivity index (χ1n) is 11.8. The molecule has 3 N–H and O–H groups in total. The lowest BCUT2D eigenvalue weighted by molar-refractivity contribution is -0.142. The van der Waals surface area contributed by atoms with Crippen LogP contribution in [0.25, 0.3) is 0 Å². The molecule has 9 heteroatoms. The molecule has 9 nitrogen and oxygen atoms in total. The van der Waals surface area contributed by atoms with Crippen molar-refractivity contribution in [1.29, 1.82) is 0 Å². The molecule has 1 heterocycles. The zero-order valence-corrected chi connectivity index (χ0v) is 19.9. The number of nitrogens with zero attached hydrogens (tertiary/aromatic N) is 2. The number of aliphatic carboxylic acids is 1. The van der Waals surface area contributed by atoms with E-state index in [4.69, 9.17) is 0 Å². The molecule has 36 heavy (non-hydrogen) atoms. The number of H-pyrrole nitrogens is 1. The molecule has 1 aromatic heterocycles. The standard InChI is InChI=1S/C27H30N4O5/c32-17-15-23(27(35)36)30-24(33)19-31(16-14-21-10-5-2-6-11-21)26(34)25-28-18-22(29-25)13-7-12-20-8-3-1-4-9-20/h1-6,8-11,17-18,23H,7,12-16,19H2,(H,28,29)(H,30,33)(H,35,36). The molecular weight excluding hydrogens is 460 g/mol. The van der Waals surface area contributed by atoms with Crippen molar-refractivity contribution in [2.75, 3.05) is 13.1 Å². The second kappa shape index (κ2) is 13.6. The van der Waals surface area contributed by atoms with Crippen LogP contribution in [0, 0.1) is 0 Å². The van der Waals surface area contributed by atoms with E-state index in [0.717, 1.165) is 24.1 Å². The molecule has 3 aromatic rings. The predicted molar refractivity (Wildman–Crippen MR) is 133 cm³/mol. The lowest BCUT2D eigenvalue weighted by Gasteiger charge is -2.22. The van der Waals surface area contributed by atoms with Gasteiger partial charge in [-0.3, -0.25) is 9.59 Å². The van der Waals surface area contributed by atoms with Crippen LogP contribution in [0.4, 0.5) is 0 Å². The summed E-state index contributed by atoms with van der Waals surface area (Å²) in [4.78, 5) is 56.4. The van der Waals surface area contributed by atoms with Gasteiger partial charge in [0.2, 0.25) is 5.91 Å². The van der Waals surface area contributed by atoms with E-state index in [2.05, 4.69) is 27.4 Å². The van der Waals surface area contributed by atoms with Crippen LogP contribution in [0.5, 0.6) is 0 Å². The zero-order valence-electron chi connectivity index (χ0n) is 19.9. The number of aldehydes is 1. The number of carboxylic acids is 1. The zero-order chi connectivity index (χ0) is 25.8. The van der Waals surface area contributed by atoms with Crippen LogP contribution in [-0.4, -0.2) is 63.2 Å². The van der Waals surface area contributed by atoms with Crippen LogP contribution >= 0.6 is 0 Å². The fourth-order valence-corrected chi connectivity index (χ4v) is 3.76. The van der Waals surface area contributed by atoms with Crippen LogP contribution in [0.1, 0.15) is 40.3 Å². The number of imidazole rings is 1. The van der Waals surface area contributed by atoms with Gasteiger partial charge in [0, 0.05) is 24.9 Å². The number of aromatic nitrogens is 2. The summed E-state index contributed by atoms with van der Waals surface area (Å²) in [5.41, 5.74) is 3.04. The van der Waals surface area contributed by atoms with Gasteiger partial charge in [-0.2, -0.15) is 0 Å². The molecule has 0 saturated carbocycles. The number of carboxylic acid groups (broad SMARTS) is 1. The number of carbonyl (C=O) groups is 4. The molecule has 188 valence electrons. The van der Waals surface area contributed by atoms with Gasteiger partial charge in [-0.25, -0.2) is 9.78 Å². The molecule has 0 bridgehead atoms. The Morgan fingerprint density at radius 1 is 0.972 bits per heavy atom. The summed E-state index contributed by atoms with van der Waals surface area (Å²) in [6.45, 7) is -0.135. The molecule has 0 saturated heterocycles. The van der Waals surface area contributed by atoms with Gasteiger partial charge in [0.05, 0.1) is 6.54 Å². The summed E-state index contributed by atoms with van der Waals surface area (Å²) >= 11 is 0. The van der Waals surface area contributed by atoms with Crippen molar-refractivity contribution < 1.29 is 24.3 Å². The summed E-state index contributed by atoms with van der Waals surface area (Å²) in [5.74, 6) is -2.32. The predicted octanol–water partition coefficient (Wildman–Crippen LogP) is 2.43. The van der Waals surface area contributed by atoms with Gasteiger partial charge in [-0.05, 0) is 36.8 Å². The van der Waals surface area contributed by atoms with Gasteiger partial charge in [0.15, 0.2) is 5.82 Å². The lowest BCUT2D eigenvalue weighted by Crippen LogP contribution is -2.47. The average Bonchev–Trinajstić information content (AvgIpc) is 3.36. The normalized spacial score (nSPS) is 11.4. The number of aryl methyl sites for hydroxylation is 2. The molecule has 1 unspecified atom stereocenters. The van der Waals surface area contributed by atoms with Gasteiger partial charge in [0.1, 0.15) is 12.3 Å². The minimum atomic E-state index is -1.35. The van der Waals surface area contributed by atoms with Crippen molar-refractivity contribution in [3.8, 4) is 0 Å². The van der Waals surface area contributed by atoms with Crippen LogP contribution in [0.15, 0.2) is 66.9 Å². The fourth-order valence-electron chi connectivity index (χ4n) is 3.76. The van der Waals surface area contributed by atoms with E-state index >= 15 is 0 Å². The van der Waals surface area contributed by atoms with Crippen LogP contribution in [-0.2, 0) is 33.6 Å². The second-order valence-electron chi connectivity index (χ2n) is 8.42. The Morgan fingerprint density at radius 2 is 1.61 bits per heavy atom. The average molecular weight is 491 g/mol. The van der Waals surface area contributed by atoms with Gasteiger partial charge in [-0.15, -0.1) is 0 Å². The topological polar surface area (TPSA) is 132 Å². The van der Waals surface area contributed by atoms with E-state index in [1.54, 1.807) is 6.20 Å². The van der Waals surface area contributed by atoms with Gasteiger partial charge in [0.25, 0.3) is 5.91 Å². The Kier molecular flexibility index (Phi) is 9.93. The Labute approximate surface area is 209 Å². The highest BCUT2D eigenvalue weighted by Gasteiger charge is 2.25. The Morgan fingerprint density at radius 3 is 2.22 bits per heavy atom. The maximum Gasteiger partial charge on any atom is 0.326 e. The number of amides is 2. The molecule has 0 aliphatic rings. The number of aromatic amines is 1. The maximum absolute atomic E-state index is 13.2. The first kappa shape index (κ1) is 26.3. The molecular formula is C27H30N4O5. The molecule has 0 aliphatic carbocycles. The second-order valence-corrected chi connectivity index (χ2v) is 8.42. The van der Waals surface area contributed by atoms with Crippen molar-refractivity contribution in [2.45, 2.75) is 38.1 Å². The van der Waals surface area contributed by atoms with Crippen molar-refractivity contribution in [2.24, 2.45) is 0 Å². The minimum absolute atomic E-state index is 0.119. The van der Waals surface area contributed by atoms with Crippen LogP contribution in [0.2, 0.25) is 0 Å². The molecule has 2 aromatic carbocycles.